The summed E-state index contributed by atoms with van der Waals surface area (Å²) in [6, 6.07) is 16.5. The predicted molar refractivity (Wildman–Crippen MR) is 145 cm³/mol. The van der Waals surface area contributed by atoms with E-state index in [9.17, 15) is 13.5 Å². The van der Waals surface area contributed by atoms with Crippen LogP contribution < -0.4 is 18.5 Å². The number of aliphatic hydroxyl groups is 1. The summed E-state index contributed by atoms with van der Waals surface area (Å²) in [5.74, 6) is 0.491. The molecule has 204 valence electrons. The van der Waals surface area contributed by atoms with E-state index in [1.54, 1.807) is 48.5 Å². The zero-order chi connectivity index (χ0) is 27.8. The van der Waals surface area contributed by atoms with Crippen LogP contribution in [0.3, 0.4) is 0 Å². The lowest BCUT2D eigenvalue weighted by Crippen LogP contribution is -2.35. The molecule has 0 aliphatic rings. The van der Waals surface area contributed by atoms with Crippen molar-refractivity contribution in [3.8, 4) is 34.8 Å². The fourth-order valence-corrected chi connectivity index (χ4v) is 5.20. The van der Waals surface area contributed by atoms with Crippen molar-refractivity contribution < 1.29 is 27.7 Å². The minimum Gasteiger partial charge on any atom is -0.493 e. The van der Waals surface area contributed by atoms with Crippen molar-refractivity contribution in [3.05, 3.63) is 73.1 Å². The number of benzene rings is 2. The highest BCUT2D eigenvalue weighted by atomic mass is 32.2. The van der Waals surface area contributed by atoms with Crippen LogP contribution in [0.1, 0.15) is 13.8 Å². The van der Waals surface area contributed by atoms with Crippen LogP contribution in [0.2, 0.25) is 0 Å². The average molecular weight is 552 g/mol. The van der Waals surface area contributed by atoms with Gasteiger partial charge in [0.2, 0.25) is 11.6 Å². The van der Waals surface area contributed by atoms with Gasteiger partial charge in [0.15, 0.2) is 23.1 Å². The number of methoxy groups -OCH3 is 1. The Morgan fingerprint density at radius 3 is 2.21 bits per heavy atom. The average Bonchev–Trinajstić information content (AvgIpc) is 2.96. The second-order valence-corrected chi connectivity index (χ2v) is 10.5. The number of anilines is 1. The molecule has 2 heterocycles. The molecule has 0 unspecified atom stereocenters. The SMILES string of the molecule is COc1ccccc1Oc1c(OCCO)nc(-c2ncccn2)nc1N(CC(C)C)S(=O)(=O)c1ccccc1. The Labute approximate surface area is 227 Å². The molecule has 2 aromatic heterocycles. The summed E-state index contributed by atoms with van der Waals surface area (Å²) in [6.07, 6.45) is 3.04. The number of sulfonamides is 1. The molecule has 0 bridgehead atoms. The van der Waals surface area contributed by atoms with E-state index in [2.05, 4.69) is 19.9 Å². The molecule has 39 heavy (non-hydrogen) atoms. The van der Waals surface area contributed by atoms with E-state index in [4.69, 9.17) is 14.2 Å². The topological polar surface area (TPSA) is 137 Å². The molecule has 0 radical (unpaired) electrons. The van der Waals surface area contributed by atoms with Crippen LogP contribution in [-0.4, -0.2) is 60.3 Å². The van der Waals surface area contributed by atoms with Crippen molar-refractivity contribution in [2.24, 2.45) is 5.92 Å². The standard InChI is InChI=1S/C27H29N5O6S/c1-19(2)18-32(39(34,35)20-10-5-4-6-11-20)26-23(38-22-13-8-7-12-21(22)36-3)27(37-17-16-33)31-25(30-26)24-28-14-9-15-29-24/h4-15,19,33H,16-18H2,1-3H3. The summed E-state index contributed by atoms with van der Waals surface area (Å²) in [6.45, 7) is 3.39. The van der Waals surface area contributed by atoms with Crippen molar-refractivity contribution in [2.45, 2.75) is 18.7 Å². The Hall–Kier alpha value is -4.29. The Morgan fingerprint density at radius 2 is 1.56 bits per heavy atom. The zero-order valence-corrected chi connectivity index (χ0v) is 22.6. The van der Waals surface area contributed by atoms with Gasteiger partial charge in [-0.3, -0.25) is 0 Å². The van der Waals surface area contributed by atoms with Crippen LogP contribution in [0.15, 0.2) is 78.0 Å². The lowest BCUT2D eigenvalue weighted by Gasteiger charge is -2.28. The monoisotopic (exact) mass is 551 g/mol. The summed E-state index contributed by atoms with van der Waals surface area (Å²) >= 11 is 0. The van der Waals surface area contributed by atoms with Crippen LogP contribution in [-0.2, 0) is 10.0 Å². The number of para-hydroxylation sites is 2. The van der Waals surface area contributed by atoms with Gasteiger partial charge in [0.1, 0.15) is 6.61 Å². The molecule has 0 atom stereocenters. The molecular weight excluding hydrogens is 522 g/mol. The molecule has 0 fully saturated rings. The summed E-state index contributed by atoms with van der Waals surface area (Å²) < 4.78 is 46.7. The van der Waals surface area contributed by atoms with E-state index in [-0.39, 0.29) is 65.4 Å². The van der Waals surface area contributed by atoms with E-state index in [0.29, 0.717) is 5.75 Å². The molecule has 4 rings (SSSR count). The number of aliphatic hydroxyl groups excluding tert-OH is 1. The molecule has 0 amide bonds. The first-order chi connectivity index (χ1) is 18.8. The molecular formula is C27H29N5O6S. The minimum atomic E-state index is -4.13. The van der Waals surface area contributed by atoms with Gasteiger partial charge in [-0.1, -0.05) is 44.2 Å². The van der Waals surface area contributed by atoms with Crippen LogP contribution in [0, 0.1) is 5.92 Å². The van der Waals surface area contributed by atoms with Crippen molar-refractivity contribution in [2.75, 3.05) is 31.2 Å². The first kappa shape index (κ1) is 27.7. The van der Waals surface area contributed by atoms with E-state index >= 15 is 0 Å². The molecule has 2 aromatic carbocycles. The highest BCUT2D eigenvalue weighted by molar-refractivity contribution is 7.92. The Morgan fingerprint density at radius 1 is 0.897 bits per heavy atom. The van der Waals surface area contributed by atoms with Crippen molar-refractivity contribution in [1.29, 1.82) is 0 Å². The number of ether oxygens (including phenoxy) is 3. The number of nitrogens with zero attached hydrogens (tertiary/aromatic N) is 5. The Balaban J connectivity index is 2.02. The summed E-state index contributed by atoms with van der Waals surface area (Å²) in [5, 5.41) is 9.49. The Bertz CT molecular complexity index is 1490. The van der Waals surface area contributed by atoms with Crippen LogP contribution in [0.4, 0.5) is 5.82 Å². The lowest BCUT2D eigenvalue weighted by atomic mass is 10.2. The number of rotatable bonds is 12. The van der Waals surface area contributed by atoms with Crippen molar-refractivity contribution in [3.63, 3.8) is 0 Å². The first-order valence-electron chi connectivity index (χ1n) is 12.2. The van der Waals surface area contributed by atoms with Gasteiger partial charge in [0, 0.05) is 18.9 Å². The second kappa shape index (κ2) is 12.5. The molecule has 0 aliphatic carbocycles. The maximum absolute atomic E-state index is 14.0. The van der Waals surface area contributed by atoms with E-state index in [1.165, 1.54) is 31.6 Å². The second-order valence-electron chi connectivity index (χ2n) is 8.65. The smallest absolute Gasteiger partial charge is 0.265 e. The van der Waals surface area contributed by atoms with Gasteiger partial charge in [0.05, 0.1) is 18.6 Å². The number of aromatic nitrogens is 4. The number of hydrogen-bond donors (Lipinski definition) is 1. The molecule has 12 heteroatoms. The van der Waals surface area contributed by atoms with Gasteiger partial charge >= 0.3 is 0 Å². The molecule has 4 aromatic rings. The molecule has 0 saturated heterocycles. The van der Waals surface area contributed by atoms with Gasteiger partial charge in [-0.05, 0) is 36.2 Å². The van der Waals surface area contributed by atoms with Gasteiger partial charge in [-0.25, -0.2) is 27.7 Å². The third kappa shape index (κ3) is 6.41. The van der Waals surface area contributed by atoms with Gasteiger partial charge in [-0.2, -0.15) is 4.98 Å². The largest absolute Gasteiger partial charge is 0.493 e. The van der Waals surface area contributed by atoms with Crippen molar-refractivity contribution >= 4 is 15.8 Å². The van der Waals surface area contributed by atoms with Gasteiger partial charge < -0.3 is 19.3 Å². The molecule has 1 N–H and O–H groups in total. The predicted octanol–water partition coefficient (Wildman–Crippen LogP) is 3.96. The molecule has 0 aliphatic heterocycles. The normalized spacial score (nSPS) is 11.3. The highest BCUT2D eigenvalue weighted by Crippen LogP contribution is 2.43. The quantitative estimate of drug-likeness (QED) is 0.275. The summed E-state index contributed by atoms with van der Waals surface area (Å²) in [7, 11) is -2.64. The lowest BCUT2D eigenvalue weighted by molar-refractivity contribution is 0.192. The molecule has 0 saturated carbocycles. The van der Waals surface area contributed by atoms with E-state index < -0.39 is 10.0 Å². The highest BCUT2D eigenvalue weighted by Gasteiger charge is 2.33. The molecule has 11 nitrogen and oxygen atoms in total. The fraction of sp³-hybridized carbons (Fsp3) is 0.259. The van der Waals surface area contributed by atoms with Crippen molar-refractivity contribution in [1.82, 2.24) is 19.9 Å². The van der Waals surface area contributed by atoms with Crippen LogP contribution in [0.25, 0.3) is 11.6 Å². The fourth-order valence-electron chi connectivity index (χ4n) is 3.59. The van der Waals surface area contributed by atoms with E-state index in [0.717, 1.165) is 4.31 Å². The zero-order valence-electron chi connectivity index (χ0n) is 21.8. The van der Waals surface area contributed by atoms with Gasteiger partial charge in [-0.15, -0.1) is 0 Å². The van der Waals surface area contributed by atoms with Crippen LogP contribution >= 0.6 is 0 Å². The third-order valence-electron chi connectivity index (χ3n) is 5.29. The first-order valence-corrected chi connectivity index (χ1v) is 13.6. The Kier molecular flexibility index (Phi) is 8.89. The summed E-state index contributed by atoms with van der Waals surface area (Å²) in [4.78, 5) is 17.6. The molecule has 0 spiro atoms. The number of hydrogen-bond acceptors (Lipinski definition) is 10. The maximum atomic E-state index is 14.0. The minimum absolute atomic E-state index is 0.0166. The van der Waals surface area contributed by atoms with Crippen LogP contribution in [0.5, 0.6) is 23.1 Å². The van der Waals surface area contributed by atoms with Gasteiger partial charge in [0.25, 0.3) is 15.9 Å². The maximum Gasteiger partial charge on any atom is 0.265 e. The van der Waals surface area contributed by atoms with E-state index in [1.807, 2.05) is 13.8 Å². The summed E-state index contributed by atoms with van der Waals surface area (Å²) in [5.41, 5.74) is 0. The third-order valence-corrected chi connectivity index (χ3v) is 7.06.